The minimum Gasteiger partial charge on any atom is -0.393 e. The molecule has 0 aromatic heterocycles. The third-order valence-corrected chi connectivity index (χ3v) is 5.87. The number of halogens is 1. The quantitative estimate of drug-likeness (QED) is 0.905. The Morgan fingerprint density at radius 2 is 2.05 bits per heavy atom. The summed E-state index contributed by atoms with van der Waals surface area (Å²) in [4.78, 5) is 0. The van der Waals surface area contributed by atoms with Crippen molar-refractivity contribution >= 4 is 10.0 Å². The van der Waals surface area contributed by atoms with Crippen LogP contribution in [0.1, 0.15) is 31.2 Å². The topological polar surface area (TPSA) is 57.6 Å². The first-order valence-corrected chi connectivity index (χ1v) is 8.86. The van der Waals surface area contributed by atoms with Gasteiger partial charge in [-0.2, -0.15) is 0 Å². The van der Waals surface area contributed by atoms with E-state index in [2.05, 4.69) is 0 Å². The Labute approximate surface area is 125 Å². The highest BCUT2D eigenvalue weighted by Crippen LogP contribution is 2.26. The average molecular weight is 315 g/mol. The number of nitrogens with zero attached hydrogens (tertiary/aromatic N) is 1. The molecule has 2 rings (SSSR count). The first kappa shape index (κ1) is 16.4. The fourth-order valence-electron chi connectivity index (χ4n) is 2.79. The zero-order valence-corrected chi connectivity index (χ0v) is 13.0. The van der Waals surface area contributed by atoms with Gasteiger partial charge in [-0.1, -0.05) is 25.0 Å². The highest BCUT2D eigenvalue weighted by atomic mass is 32.2. The Hall–Kier alpha value is -0.980. The van der Waals surface area contributed by atoms with Crippen molar-refractivity contribution in [3.63, 3.8) is 0 Å². The van der Waals surface area contributed by atoms with Crippen molar-refractivity contribution in [2.45, 2.75) is 37.5 Å². The highest BCUT2D eigenvalue weighted by Gasteiger charge is 2.28. The minimum atomic E-state index is -3.50. The molecule has 2 unspecified atom stereocenters. The van der Waals surface area contributed by atoms with E-state index in [1.807, 2.05) is 0 Å². The van der Waals surface area contributed by atoms with Gasteiger partial charge in [0.15, 0.2) is 0 Å². The van der Waals surface area contributed by atoms with Gasteiger partial charge in [-0.3, -0.25) is 0 Å². The van der Waals surface area contributed by atoms with Gasteiger partial charge in [-0.15, -0.1) is 0 Å². The lowest BCUT2D eigenvalue weighted by Gasteiger charge is -2.30. The molecular formula is C15H22FNO3S. The van der Waals surface area contributed by atoms with Gasteiger partial charge in [0.2, 0.25) is 10.0 Å². The van der Waals surface area contributed by atoms with E-state index >= 15 is 0 Å². The number of hydrogen-bond donors (Lipinski definition) is 1. The van der Waals surface area contributed by atoms with Gasteiger partial charge >= 0.3 is 0 Å². The summed E-state index contributed by atoms with van der Waals surface area (Å²) in [5.41, 5.74) is 0.436. The van der Waals surface area contributed by atoms with Gasteiger partial charge in [0, 0.05) is 13.6 Å². The molecule has 0 saturated heterocycles. The standard InChI is InChI=1S/C15H22FNO3S/c1-17(10-13-6-2-3-8-15(13)18)21(19,20)11-12-5-4-7-14(16)9-12/h4-5,7,9,13,15,18H,2-3,6,8,10-11H2,1H3. The molecule has 118 valence electrons. The SMILES string of the molecule is CN(CC1CCCCC1O)S(=O)(=O)Cc1cccc(F)c1. The third-order valence-electron chi connectivity index (χ3n) is 4.07. The van der Waals surface area contributed by atoms with Crippen molar-refractivity contribution in [2.24, 2.45) is 5.92 Å². The Morgan fingerprint density at radius 3 is 2.71 bits per heavy atom. The zero-order chi connectivity index (χ0) is 15.5. The molecule has 0 spiro atoms. The smallest absolute Gasteiger partial charge is 0.218 e. The van der Waals surface area contributed by atoms with E-state index < -0.39 is 21.9 Å². The zero-order valence-electron chi connectivity index (χ0n) is 12.2. The number of aliphatic hydroxyl groups is 1. The summed E-state index contributed by atoms with van der Waals surface area (Å²) < 4.78 is 39.0. The number of sulfonamides is 1. The minimum absolute atomic E-state index is 0.00830. The molecule has 1 fully saturated rings. The molecule has 0 bridgehead atoms. The number of aliphatic hydroxyl groups excluding tert-OH is 1. The fraction of sp³-hybridized carbons (Fsp3) is 0.600. The molecule has 4 nitrogen and oxygen atoms in total. The van der Waals surface area contributed by atoms with Gasteiger partial charge in [-0.25, -0.2) is 17.1 Å². The van der Waals surface area contributed by atoms with Crippen molar-refractivity contribution in [2.75, 3.05) is 13.6 Å². The van der Waals surface area contributed by atoms with Crippen LogP contribution >= 0.6 is 0 Å². The van der Waals surface area contributed by atoms with Gasteiger partial charge in [0.25, 0.3) is 0 Å². The fourth-order valence-corrected chi connectivity index (χ4v) is 4.03. The van der Waals surface area contributed by atoms with Crippen LogP contribution in [-0.2, 0) is 15.8 Å². The first-order chi connectivity index (χ1) is 9.88. The molecule has 1 aliphatic carbocycles. The van der Waals surface area contributed by atoms with E-state index in [-0.39, 0.29) is 11.7 Å². The second-order valence-electron chi connectivity index (χ2n) is 5.78. The molecule has 1 N–H and O–H groups in total. The Kier molecular flexibility index (Phi) is 5.35. The lowest BCUT2D eigenvalue weighted by molar-refractivity contribution is 0.0620. The Balaban J connectivity index is 2.01. The predicted molar refractivity (Wildman–Crippen MR) is 79.6 cm³/mol. The van der Waals surface area contributed by atoms with E-state index in [0.29, 0.717) is 12.1 Å². The van der Waals surface area contributed by atoms with Crippen molar-refractivity contribution in [3.05, 3.63) is 35.6 Å². The van der Waals surface area contributed by atoms with Crippen LogP contribution in [0.2, 0.25) is 0 Å². The summed E-state index contributed by atoms with van der Waals surface area (Å²) in [6, 6.07) is 5.63. The van der Waals surface area contributed by atoms with E-state index in [0.717, 1.165) is 25.7 Å². The monoisotopic (exact) mass is 315 g/mol. The predicted octanol–water partition coefficient (Wildman–Crippen LogP) is 2.14. The summed E-state index contributed by atoms with van der Waals surface area (Å²) in [6.45, 7) is 0.318. The number of rotatable bonds is 5. The summed E-state index contributed by atoms with van der Waals surface area (Å²) in [5, 5.41) is 9.94. The van der Waals surface area contributed by atoms with E-state index in [4.69, 9.17) is 0 Å². The molecule has 0 amide bonds. The van der Waals surface area contributed by atoms with Crippen LogP contribution in [0.15, 0.2) is 24.3 Å². The molecule has 1 aliphatic rings. The van der Waals surface area contributed by atoms with Crippen LogP contribution in [0.4, 0.5) is 4.39 Å². The third kappa shape index (κ3) is 4.49. The highest BCUT2D eigenvalue weighted by molar-refractivity contribution is 7.88. The van der Waals surface area contributed by atoms with Gasteiger partial charge in [0.1, 0.15) is 5.82 Å². The van der Waals surface area contributed by atoms with Crippen molar-refractivity contribution in [1.29, 1.82) is 0 Å². The van der Waals surface area contributed by atoms with E-state index in [1.165, 1.54) is 29.6 Å². The van der Waals surface area contributed by atoms with Gasteiger partial charge < -0.3 is 5.11 Å². The van der Waals surface area contributed by atoms with Crippen molar-refractivity contribution in [3.8, 4) is 0 Å². The lowest BCUT2D eigenvalue weighted by atomic mass is 9.86. The Bertz CT molecular complexity index is 576. The largest absolute Gasteiger partial charge is 0.393 e. The maximum absolute atomic E-state index is 13.1. The van der Waals surface area contributed by atoms with Gasteiger partial charge in [0.05, 0.1) is 11.9 Å². The summed E-state index contributed by atoms with van der Waals surface area (Å²) in [7, 11) is -1.97. The normalized spacial score (nSPS) is 23.4. The van der Waals surface area contributed by atoms with E-state index in [1.54, 1.807) is 6.07 Å². The molecule has 0 radical (unpaired) electrons. The van der Waals surface area contributed by atoms with Crippen molar-refractivity contribution < 1.29 is 17.9 Å². The molecule has 1 aromatic carbocycles. The maximum atomic E-state index is 13.1. The van der Waals surface area contributed by atoms with Crippen LogP contribution in [0, 0.1) is 11.7 Å². The molecule has 0 heterocycles. The molecular weight excluding hydrogens is 293 g/mol. The summed E-state index contributed by atoms with van der Waals surface area (Å²) in [5.74, 6) is -0.663. The van der Waals surface area contributed by atoms with Crippen LogP contribution in [-0.4, -0.2) is 37.5 Å². The van der Waals surface area contributed by atoms with Gasteiger partial charge in [-0.05, 0) is 36.5 Å². The second kappa shape index (κ2) is 6.85. The summed E-state index contributed by atoms with van der Waals surface area (Å²) >= 11 is 0. The van der Waals surface area contributed by atoms with E-state index in [9.17, 15) is 17.9 Å². The molecule has 2 atom stereocenters. The number of hydrogen-bond acceptors (Lipinski definition) is 3. The van der Waals surface area contributed by atoms with Crippen LogP contribution < -0.4 is 0 Å². The van der Waals surface area contributed by atoms with Crippen LogP contribution in [0.25, 0.3) is 0 Å². The Morgan fingerprint density at radius 1 is 1.33 bits per heavy atom. The van der Waals surface area contributed by atoms with Crippen LogP contribution in [0.3, 0.4) is 0 Å². The first-order valence-electron chi connectivity index (χ1n) is 7.25. The molecule has 0 aliphatic heterocycles. The molecule has 1 aromatic rings. The molecule has 1 saturated carbocycles. The maximum Gasteiger partial charge on any atom is 0.218 e. The lowest BCUT2D eigenvalue weighted by Crippen LogP contribution is -2.38. The second-order valence-corrected chi connectivity index (χ2v) is 7.85. The van der Waals surface area contributed by atoms with Crippen LogP contribution in [0.5, 0.6) is 0 Å². The van der Waals surface area contributed by atoms with Crippen molar-refractivity contribution in [1.82, 2.24) is 4.31 Å². The average Bonchev–Trinajstić information content (AvgIpc) is 2.40. The molecule has 6 heteroatoms. The number of benzene rings is 1. The summed E-state index contributed by atoms with van der Waals surface area (Å²) in [6.07, 6.45) is 3.19. The molecule has 21 heavy (non-hydrogen) atoms.